The van der Waals surface area contributed by atoms with E-state index in [-0.39, 0.29) is 12.3 Å². The molecule has 3 nitrogen and oxygen atoms in total. The molecule has 1 aromatic rings. The highest BCUT2D eigenvalue weighted by Gasteiger charge is 2.08. The molecule has 0 fully saturated rings. The normalized spacial score (nSPS) is 10.2. The Morgan fingerprint density at radius 1 is 1.54 bits per heavy atom. The Labute approximate surface area is 76.1 Å². The van der Waals surface area contributed by atoms with Gasteiger partial charge in [-0.15, -0.1) is 0 Å². The minimum atomic E-state index is -0.436. The van der Waals surface area contributed by atoms with E-state index in [1.165, 1.54) is 7.11 Å². The Bertz CT molecular complexity index is 302. The molecule has 0 saturated heterocycles. The molecule has 0 atom stereocenters. The molecule has 0 bridgehead atoms. The van der Waals surface area contributed by atoms with Crippen LogP contribution in [-0.2, 0) is 6.54 Å². The molecule has 0 radical (unpaired) electrons. The van der Waals surface area contributed by atoms with Gasteiger partial charge in [0.2, 0.25) is 0 Å². The molecule has 0 heterocycles. The zero-order valence-corrected chi connectivity index (χ0v) is 7.60. The standard InChI is InChI=1S/C9H12FNO2/c1-6-3-7(5-11-12)9(10)8(4-6)13-2/h3-4,11-12H,5H2,1-2H3. The van der Waals surface area contributed by atoms with Crippen LogP contribution in [-0.4, -0.2) is 12.3 Å². The summed E-state index contributed by atoms with van der Waals surface area (Å²) in [6.07, 6.45) is 0. The van der Waals surface area contributed by atoms with Gasteiger partial charge in [-0.2, -0.15) is 0 Å². The maximum Gasteiger partial charge on any atom is 0.169 e. The van der Waals surface area contributed by atoms with Crippen molar-refractivity contribution in [2.45, 2.75) is 13.5 Å². The number of halogens is 1. The fourth-order valence-corrected chi connectivity index (χ4v) is 1.17. The molecule has 0 amide bonds. The maximum atomic E-state index is 13.4. The van der Waals surface area contributed by atoms with Crippen LogP contribution < -0.4 is 10.2 Å². The Morgan fingerprint density at radius 2 is 2.23 bits per heavy atom. The van der Waals surface area contributed by atoms with Crippen molar-refractivity contribution in [3.8, 4) is 5.75 Å². The maximum absolute atomic E-state index is 13.4. The number of hydroxylamine groups is 1. The van der Waals surface area contributed by atoms with Gasteiger partial charge in [0.15, 0.2) is 11.6 Å². The Hall–Kier alpha value is -1.13. The Kier molecular flexibility index (Phi) is 3.22. The van der Waals surface area contributed by atoms with Crippen molar-refractivity contribution in [2.75, 3.05) is 7.11 Å². The van der Waals surface area contributed by atoms with Gasteiger partial charge < -0.3 is 9.94 Å². The molecular formula is C9H12FNO2. The molecule has 0 aromatic heterocycles. The summed E-state index contributed by atoms with van der Waals surface area (Å²) in [5, 5.41) is 8.44. The van der Waals surface area contributed by atoms with Crippen LogP contribution in [0, 0.1) is 12.7 Å². The summed E-state index contributed by atoms with van der Waals surface area (Å²) >= 11 is 0. The predicted molar refractivity (Wildman–Crippen MR) is 46.3 cm³/mol. The summed E-state index contributed by atoms with van der Waals surface area (Å²) in [7, 11) is 1.41. The summed E-state index contributed by atoms with van der Waals surface area (Å²) in [5.74, 6) is -0.236. The first-order valence-electron chi connectivity index (χ1n) is 3.89. The van der Waals surface area contributed by atoms with E-state index in [9.17, 15) is 4.39 Å². The molecule has 1 aromatic carbocycles. The first-order chi connectivity index (χ1) is 6.19. The van der Waals surface area contributed by atoms with E-state index >= 15 is 0 Å². The highest BCUT2D eigenvalue weighted by molar-refractivity contribution is 5.35. The minimum Gasteiger partial charge on any atom is -0.494 e. The molecule has 0 spiro atoms. The summed E-state index contributed by atoms with van der Waals surface area (Å²) in [5.41, 5.74) is 3.19. The molecule has 13 heavy (non-hydrogen) atoms. The predicted octanol–water partition coefficient (Wildman–Crippen LogP) is 1.62. The molecule has 1 rings (SSSR count). The van der Waals surface area contributed by atoms with E-state index < -0.39 is 5.82 Å². The number of aryl methyl sites for hydroxylation is 1. The molecule has 0 aliphatic heterocycles. The van der Waals surface area contributed by atoms with Gasteiger partial charge in [0.1, 0.15) is 0 Å². The van der Waals surface area contributed by atoms with Gasteiger partial charge in [0, 0.05) is 12.1 Å². The van der Waals surface area contributed by atoms with E-state index in [0.717, 1.165) is 5.56 Å². The summed E-state index contributed by atoms with van der Waals surface area (Å²) < 4.78 is 18.2. The lowest BCUT2D eigenvalue weighted by Crippen LogP contribution is -2.08. The SMILES string of the molecule is COc1cc(C)cc(CNO)c1F. The highest BCUT2D eigenvalue weighted by Crippen LogP contribution is 2.22. The summed E-state index contributed by atoms with van der Waals surface area (Å²) in [6.45, 7) is 1.91. The smallest absolute Gasteiger partial charge is 0.169 e. The van der Waals surface area contributed by atoms with E-state index in [4.69, 9.17) is 9.94 Å². The second-order valence-corrected chi connectivity index (χ2v) is 2.78. The first-order valence-corrected chi connectivity index (χ1v) is 3.89. The van der Waals surface area contributed by atoms with Gasteiger partial charge in [-0.25, -0.2) is 9.87 Å². The number of ether oxygens (including phenoxy) is 1. The largest absolute Gasteiger partial charge is 0.494 e. The second-order valence-electron chi connectivity index (χ2n) is 2.78. The number of rotatable bonds is 3. The fourth-order valence-electron chi connectivity index (χ4n) is 1.17. The zero-order chi connectivity index (χ0) is 9.84. The molecule has 0 aliphatic rings. The quantitative estimate of drug-likeness (QED) is 0.703. The lowest BCUT2D eigenvalue weighted by atomic mass is 10.1. The fraction of sp³-hybridized carbons (Fsp3) is 0.333. The van der Waals surface area contributed by atoms with Crippen molar-refractivity contribution in [3.05, 3.63) is 29.1 Å². The second kappa shape index (κ2) is 4.20. The van der Waals surface area contributed by atoms with E-state index in [0.29, 0.717) is 5.56 Å². The number of methoxy groups -OCH3 is 1. The molecule has 0 unspecified atom stereocenters. The molecule has 0 aliphatic carbocycles. The molecule has 0 saturated carbocycles. The molecule has 2 N–H and O–H groups in total. The van der Waals surface area contributed by atoms with Gasteiger partial charge in [0.05, 0.1) is 7.11 Å². The molecule has 72 valence electrons. The number of hydrogen-bond acceptors (Lipinski definition) is 3. The number of benzene rings is 1. The average molecular weight is 185 g/mol. The lowest BCUT2D eigenvalue weighted by Gasteiger charge is -2.08. The highest BCUT2D eigenvalue weighted by atomic mass is 19.1. The van der Waals surface area contributed by atoms with Crippen LogP contribution in [0.4, 0.5) is 4.39 Å². The zero-order valence-electron chi connectivity index (χ0n) is 7.60. The third kappa shape index (κ3) is 2.17. The molecule has 4 heteroatoms. The van der Waals surface area contributed by atoms with Crippen molar-refractivity contribution >= 4 is 0 Å². The summed E-state index contributed by atoms with van der Waals surface area (Å²) in [6, 6.07) is 3.26. The third-order valence-electron chi connectivity index (χ3n) is 1.75. The van der Waals surface area contributed by atoms with Gasteiger partial charge in [-0.1, -0.05) is 6.07 Å². The number of nitrogens with one attached hydrogen (secondary N) is 1. The molecular weight excluding hydrogens is 173 g/mol. The lowest BCUT2D eigenvalue weighted by molar-refractivity contribution is 0.159. The van der Waals surface area contributed by atoms with Gasteiger partial charge in [0.25, 0.3) is 0 Å². The Balaban J connectivity index is 3.11. The van der Waals surface area contributed by atoms with Crippen LogP contribution in [0.2, 0.25) is 0 Å². The van der Waals surface area contributed by atoms with Crippen molar-refractivity contribution in [3.63, 3.8) is 0 Å². The monoisotopic (exact) mass is 185 g/mol. The van der Waals surface area contributed by atoms with Crippen molar-refractivity contribution in [2.24, 2.45) is 0 Å². The minimum absolute atomic E-state index is 0.0733. The van der Waals surface area contributed by atoms with Crippen molar-refractivity contribution in [1.82, 2.24) is 5.48 Å². The van der Waals surface area contributed by atoms with E-state index in [1.807, 2.05) is 12.4 Å². The van der Waals surface area contributed by atoms with E-state index in [2.05, 4.69) is 0 Å². The van der Waals surface area contributed by atoms with Gasteiger partial charge in [-0.05, 0) is 18.6 Å². The van der Waals surface area contributed by atoms with Crippen LogP contribution in [0.25, 0.3) is 0 Å². The average Bonchev–Trinajstić information content (AvgIpc) is 2.11. The van der Waals surface area contributed by atoms with Crippen LogP contribution in [0.1, 0.15) is 11.1 Å². The first kappa shape index (κ1) is 9.95. The van der Waals surface area contributed by atoms with Crippen LogP contribution >= 0.6 is 0 Å². The van der Waals surface area contributed by atoms with Gasteiger partial charge >= 0.3 is 0 Å². The van der Waals surface area contributed by atoms with Crippen LogP contribution in [0.5, 0.6) is 5.75 Å². The van der Waals surface area contributed by atoms with Crippen LogP contribution in [0.3, 0.4) is 0 Å². The third-order valence-corrected chi connectivity index (χ3v) is 1.75. The summed E-state index contributed by atoms with van der Waals surface area (Å²) in [4.78, 5) is 0. The topological polar surface area (TPSA) is 41.5 Å². The Morgan fingerprint density at radius 3 is 2.77 bits per heavy atom. The van der Waals surface area contributed by atoms with Crippen molar-refractivity contribution in [1.29, 1.82) is 0 Å². The van der Waals surface area contributed by atoms with Gasteiger partial charge in [-0.3, -0.25) is 0 Å². The van der Waals surface area contributed by atoms with Crippen molar-refractivity contribution < 1.29 is 14.3 Å². The van der Waals surface area contributed by atoms with E-state index in [1.54, 1.807) is 12.1 Å². The number of hydrogen-bond donors (Lipinski definition) is 2. The van der Waals surface area contributed by atoms with Crippen LogP contribution in [0.15, 0.2) is 12.1 Å².